The third kappa shape index (κ3) is 7.01. The minimum atomic E-state index is 1.44. The van der Waals surface area contributed by atoms with Gasteiger partial charge in [0.05, 0.1) is 93.2 Å². The molecule has 0 saturated heterocycles. The van der Waals surface area contributed by atoms with Gasteiger partial charge in [-0.3, -0.25) is 0 Å². The molecule has 12 aliphatic heterocycles. The predicted molar refractivity (Wildman–Crippen MR) is 278 cm³/mol. The first-order valence-corrected chi connectivity index (χ1v) is 33.2. The van der Waals surface area contributed by atoms with Crippen molar-refractivity contribution in [3.05, 3.63) is 115 Å². The lowest BCUT2D eigenvalue weighted by Crippen LogP contribution is -1.75. The van der Waals surface area contributed by atoms with Crippen molar-refractivity contribution >= 4 is 282 Å². The topological polar surface area (TPSA) is 0 Å². The van der Waals surface area contributed by atoms with Crippen LogP contribution in [-0.2, 0) is 0 Å². The van der Waals surface area contributed by atoms with Crippen LogP contribution in [0, 0.1) is 0 Å². The zero-order valence-electron chi connectivity index (χ0n) is 23.1. The Balaban J connectivity index is 0.642. The van der Waals surface area contributed by atoms with Gasteiger partial charge in [0.25, 0.3) is 0 Å². The van der Waals surface area contributed by atoms with Crippen LogP contribution < -0.4 is 0 Å². The molecule has 0 spiro atoms. The normalized spacial score (nSPS) is 28.6. The summed E-state index contributed by atoms with van der Waals surface area (Å²) in [7, 11) is 0. The van der Waals surface area contributed by atoms with Crippen molar-refractivity contribution in [2.24, 2.45) is 0 Å². The van der Waals surface area contributed by atoms with Gasteiger partial charge >= 0.3 is 0 Å². The molecule has 0 bridgehead atoms. The summed E-state index contributed by atoms with van der Waals surface area (Å²) in [5.74, 6) is 0. The fourth-order valence-electron chi connectivity index (χ4n) is 4.37. The average molecular weight is 1090 g/mol. The fraction of sp³-hybridized carbons (Fsp3) is 0. The molecule has 0 aromatic rings. The van der Waals surface area contributed by atoms with Gasteiger partial charge in [-0.1, -0.05) is 282 Å². The third-order valence-corrected chi connectivity index (χ3v) is 41.9. The summed E-state index contributed by atoms with van der Waals surface area (Å²) in [6.45, 7) is 0. The molecule has 0 aromatic carbocycles. The highest BCUT2D eigenvalue weighted by Crippen LogP contribution is 2.79. The van der Waals surface area contributed by atoms with E-state index in [0.29, 0.717) is 0 Å². The first-order valence-electron chi connectivity index (χ1n) is 13.3. The Bertz CT molecular complexity index is 1930. The van der Waals surface area contributed by atoms with Gasteiger partial charge in [-0.2, -0.15) is 0 Å². The maximum absolute atomic E-state index is 2.20. The van der Waals surface area contributed by atoms with E-state index in [1.165, 1.54) is 93.2 Å². The van der Waals surface area contributed by atoms with Gasteiger partial charge in [0.2, 0.25) is 0 Å². The molecular weight excluding hydrogens is 1080 g/mol. The summed E-state index contributed by atoms with van der Waals surface area (Å²) < 4.78 is 32.5. The number of rotatable bonds is 0. The molecule has 0 nitrogen and oxygen atoms in total. The van der Waals surface area contributed by atoms with Crippen molar-refractivity contribution < 1.29 is 0 Å². The minimum Gasteiger partial charge on any atom is -0.0884 e. The van der Waals surface area contributed by atoms with Crippen LogP contribution in [0.25, 0.3) is 0 Å². The summed E-state index contributed by atoms with van der Waals surface area (Å²) in [5.41, 5.74) is 0. The monoisotopic (exact) mass is 1080 g/mol. The molecule has 12 rings (SSSR count). The molecule has 0 aliphatic carbocycles. The largest absolute Gasteiger partial charge is 0.0884 e. The first kappa shape index (κ1) is 36.8. The van der Waals surface area contributed by atoms with Crippen molar-refractivity contribution in [3.63, 3.8) is 0 Å². The SMILES string of the molecule is C1=CSC(=C2SC3=C(S2)SC(=C2SC4=C(S2)SC(=C2SC5=C(S2)SC(=C2SC6=C(SC(=C7SC8=C(SC(=C9SC=CS9)S8)S7)S6)S2)S5)S4)S3)S1. The third-order valence-electron chi connectivity index (χ3n) is 6.35. The van der Waals surface area contributed by atoms with E-state index in [-0.39, 0.29) is 0 Å². The Kier molecular flexibility index (Phi) is 11.4. The fourth-order valence-corrected chi connectivity index (χ4v) is 41.6. The summed E-state index contributed by atoms with van der Waals surface area (Å²) >= 11 is 47.4. The van der Waals surface area contributed by atoms with Crippen LogP contribution in [0.15, 0.2) is 115 Å². The van der Waals surface area contributed by atoms with E-state index in [9.17, 15) is 0 Å². The highest BCUT2D eigenvalue weighted by atomic mass is 32.3. The quantitative estimate of drug-likeness (QED) is 0.226. The van der Waals surface area contributed by atoms with Crippen molar-refractivity contribution in [2.45, 2.75) is 0 Å². The zero-order valence-corrected chi connectivity index (χ0v) is 42.7. The van der Waals surface area contributed by atoms with Gasteiger partial charge in [-0.15, -0.1) is 0 Å². The van der Waals surface area contributed by atoms with Crippen LogP contribution in [0.4, 0.5) is 0 Å². The van der Waals surface area contributed by atoms with Gasteiger partial charge in [-0.05, 0) is 21.6 Å². The van der Waals surface area contributed by atoms with Crippen molar-refractivity contribution in [3.8, 4) is 0 Å². The summed E-state index contributed by atoms with van der Waals surface area (Å²) in [6.07, 6.45) is 0. The molecule has 0 unspecified atom stereocenters. The van der Waals surface area contributed by atoms with E-state index < -0.39 is 0 Å². The lowest BCUT2D eigenvalue weighted by atomic mass is 11.2. The van der Waals surface area contributed by atoms with Crippen LogP contribution in [-0.4, -0.2) is 0 Å². The molecule has 0 fully saturated rings. The summed E-state index contributed by atoms with van der Waals surface area (Å²) in [6, 6.07) is 0. The van der Waals surface area contributed by atoms with E-state index in [1.807, 2.05) is 282 Å². The molecule has 12 aliphatic rings. The van der Waals surface area contributed by atoms with Crippen LogP contribution in [0.2, 0.25) is 0 Å². The van der Waals surface area contributed by atoms with Gasteiger partial charge < -0.3 is 0 Å². The molecule has 50 heavy (non-hydrogen) atoms. The Labute approximate surface area is 390 Å². The first-order chi connectivity index (χ1) is 24.6. The summed E-state index contributed by atoms with van der Waals surface area (Å²) in [5, 5.41) is 8.78. The summed E-state index contributed by atoms with van der Waals surface area (Å²) in [4.78, 5) is 0. The molecule has 24 heteroatoms. The maximum Gasteiger partial charge on any atom is 0.0718 e. The molecule has 0 saturated carbocycles. The molecule has 12 heterocycles. The maximum atomic E-state index is 2.20. The molecule has 0 amide bonds. The van der Waals surface area contributed by atoms with E-state index in [1.54, 1.807) is 0 Å². The van der Waals surface area contributed by atoms with Gasteiger partial charge in [-0.25, -0.2) is 0 Å². The number of hydrogen-bond acceptors (Lipinski definition) is 24. The number of thioether (sulfide) groups is 24. The smallest absolute Gasteiger partial charge is 0.0718 e. The Morgan fingerprint density at radius 3 is 0.360 bits per heavy atom. The van der Waals surface area contributed by atoms with Crippen molar-refractivity contribution in [1.29, 1.82) is 0 Å². The molecule has 0 radical (unpaired) electrons. The van der Waals surface area contributed by atoms with Crippen LogP contribution >= 0.6 is 282 Å². The second kappa shape index (κ2) is 15.5. The standard InChI is InChI=1S/C26H4S24/c1-2-28-5(27-1)7-31-9-10(32-7)36-13(35-9)15-39-17-18(40-15)44-21(43-17)23-47-25-26(48-23)50-24(49-25)22-45-19-20(46-22)42-16(41-19)14-37-11-12(38-14)34-8(33-11)6-29-3-4-30-6/h1-4H. The molecule has 0 atom stereocenters. The second-order valence-electron chi connectivity index (χ2n) is 9.38. The Morgan fingerprint density at radius 2 is 0.240 bits per heavy atom. The second-order valence-corrected chi connectivity index (χ2v) is 39.1. The van der Waals surface area contributed by atoms with E-state index >= 15 is 0 Å². The highest BCUT2D eigenvalue weighted by Gasteiger charge is 2.43. The Morgan fingerprint density at radius 1 is 0.140 bits per heavy atom. The number of hydrogen-bond donors (Lipinski definition) is 0. The van der Waals surface area contributed by atoms with E-state index in [0.717, 1.165) is 0 Å². The Hall–Kier alpha value is 5.02. The zero-order chi connectivity index (χ0) is 32.5. The van der Waals surface area contributed by atoms with Gasteiger partial charge in [0.1, 0.15) is 0 Å². The lowest BCUT2D eigenvalue weighted by Gasteiger charge is -2.10. The lowest BCUT2D eigenvalue weighted by molar-refractivity contribution is 2.33. The average Bonchev–Trinajstić information content (AvgIpc) is 3.93. The van der Waals surface area contributed by atoms with Gasteiger partial charge in [0, 0.05) is 0 Å². The van der Waals surface area contributed by atoms with Crippen LogP contribution in [0.3, 0.4) is 0 Å². The predicted octanol–water partition coefficient (Wildman–Crippen LogP) is 20.1. The molecular formula is C26H4S24. The van der Waals surface area contributed by atoms with Crippen molar-refractivity contribution in [2.75, 3.05) is 0 Å². The highest BCUT2D eigenvalue weighted by molar-refractivity contribution is 8.55. The molecule has 0 N–H and O–H groups in total. The molecule has 0 aromatic heterocycles. The van der Waals surface area contributed by atoms with E-state index in [2.05, 4.69) is 21.6 Å². The van der Waals surface area contributed by atoms with Gasteiger partial charge in [0.15, 0.2) is 0 Å². The van der Waals surface area contributed by atoms with Crippen LogP contribution in [0.5, 0.6) is 0 Å². The van der Waals surface area contributed by atoms with E-state index in [4.69, 9.17) is 0 Å². The minimum absolute atomic E-state index is 1.44. The molecule has 252 valence electrons. The van der Waals surface area contributed by atoms with Crippen LogP contribution in [0.1, 0.15) is 0 Å². The van der Waals surface area contributed by atoms with Crippen molar-refractivity contribution in [1.82, 2.24) is 0 Å².